The second kappa shape index (κ2) is 9.38. The average Bonchev–Trinajstić information content (AvgIpc) is 2.87. The first-order valence-electron chi connectivity index (χ1n) is 8.90. The summed E-state index contributed by atoms with van der Waals surface area (Å²) in [6, 6.07) is 13.0. The monoisotopic (exact) mass is 413 g/mol. The number of ether oxygens (including phenoxy) is 1. The van der Waals surface area contributed by atoms with E-state index in [9.17, 15) is 14.0 Å². The summed E-state index contributed by atoms with van der Waals surface area (Å²) in [5, 5.41) is 6.07. The summed E-state index contributed by atoms with van der Waals surface area (Å²) in [4.78, 5) is 28.9. The minimum absolute atomic E-state index is 0.0561. The number of hydrogen-bond acceptors (Lipinski definition) is 6. The highest BCUT2D eigenvalue weighted by atomic mass is 32.2. The Bertz CT molecular complexity index is 973. The van der Waals surface area contributed by atoms with E-state index in [1.165, 1.54) is 43.1 Å². The fourth-order valence-electron chi connectivity index (χ4n) is 2.58. The summed E-state index contributed by atoms with van der Waals surface area (Å²) in [6.45, 7) is 1.75. The van der Waals surface area contributed by atoms with Crippen molar-refractivity contribution >= 4 is 45.7 Å². The van der Waals surface area contributed by atoms with E-state index >= 15 is 0 Å². The molecule has 0 spiro atoms. The number of methoxy groups -OCH3 is 1. The SMILES string of the molecule is COC(=O)CC1=CC(S[C@@H](C)C(=O)Nc2ccc(F)cc2)=Nc2ccccc2N1. The fraction of sp³-hybridized carbons (Fsp3) is 0.190. The van der Waals surface area contributed by atoms with E-state index in [4.69, 9.17) is 4.74 Å². The summed E-state index contributed by atoms with van der Waals surface area (Å²) in [7, 11) is 1.33. The van der Waals surface area contributed by atoms with Crippen molar-refractivity contribution in [1.29, 1.82) is 0 Å². The molecule has 2 aromatic rings. The van der Waals surface area contributed by atoms with Gasteiger partial charge in [0.15, 0.2) is 0 Å². The van der Waals surface area contributed by atoms with E-state index in [1.807, 2.05) is 24.3 Å². The molecule has 1 amide bonds. The molecule has 1 atom stereocenters. The van der Waals surface area contributed by atoms with Gasteiger partial charge in [-0.2, -0.15) is 0 Å². The minimum Gasteiger partial charge on any atom is -0.469 e. The number of carbonyl (C=O) groups excluding carboxylic acids is 2. The molecule has 1 aliphatic heterocycles. The number of aliphatic imine (C=N–C) groups is 1. The highest BCUT2D eigenvalue weighted by Crippen LogP contribution is 2.32. The van der Waals surface area contributed by atoms with E-state index in [0.717, 1.165) is 5.69 Å². The number of para-hydroxylation sites is 2. The summed E-state index contributed by atoms with van der Waals surface area (Å²) in [5.74, 6) is -0.986. The van der Waals surface area contributed by atoms with Crippen molar-refractivity contribution < 1.29 is 18.7 Å². The molecule has 0 saturated carbocycles. The van der Waals surface area contributed by atoms with Gasteiger partial charge in [0, 0.05) is 11.4 Å². The van der Waals surface area contributed by atoms with Crippen LogP contribution >= 0.6 is 11.8 Å². The average molecular weight is 413 g/mol. The molecule has 0 aliphatic carbocycles. The molecule has 1 heterocycles. The number of nitrogens with one attached hydrogen (secondary N) is 2. The number of thioether (sulfide) groups is 1. The van der Waals surface area contributed by atoms with Gasteiger partial charge in [-0.05, 0) is 49.4 Å². The highest BCUT2D eigenvalue weighted by molar-refractivity contribution is 8.15. The molecule has 0 aromatic heterocycles. The molecule has 8 heteroatoms. The van der Waals surface area contributed by atoms with Crippen LogP contribution in [-0.4, -0.2) is 29.3 Å². The first-order chi connectivity index (χ1) is 13.9. The van der Waals surface area contributed by atoms with Crippen molar-refractivity contribution in [3.63, 3.8) is 0 Å². The third-order valence-corrected chi connectivity index (χ3v) is 5.09. The topological polar surface area (TPSA) is 79.8 Å². The van der Waals surface area contributed by atoms with Crippen LogP contribution in [0.4, 0.5) is 21.5 Å². The maximum atomic E-state index is 13.0. The second-order valence-corrected chi connectivity index (χ2v) is 7.63. The molecule has 29 heavy (non-hydrogen) atoms. The van der Waals surface area contributed by atoms with Gasteiger partial charge in [-0.25, -0.2) is 9.38 Å². The first kappa shape index (κ1) is 20.6. The molecule has 1 aliphatic rings. The number of anilines is 2. The van der Waals surface area contributed by atoms with Gasteiger partial charge in [-0.15, -0.1) is 0 Å². The van der Waals surface area contributed by atoms with Gasteiger partial charge in [0.2, 0.25) is 5.91 Å². The Morgan fingerprint density at radius 3 is 2.66 bits per heavy atom. The van der Waals surface area contributed by atoms with Gasteiger partial charge in [0.05, 0.1) is 35.2 Å². The lowest BCUT2D eigenvalue weighted by atomic mass is 10.2. The number of carbonyl (C=O) groups is 2. The van der Waals surface area contributed by atoms with Crippen LogP contribution in [0.5, 0.6) is 0 Å². The lowest BCUT2D eigenvalue weighted by Crippen LogP contribution is -2.23. The Hall–Kier alpha value is -3.13. The van der Waals surface area contributed by atoms with Crippen molar-refractivity contribution in [1.82, 2.24) is 0 Å². The summed E-state index contributed by atoms with van der Waals surface area (Å²) < 4.78 is 17.8. The number of amides is 1. The standard InChI is InChI=1S/C21H20FN3O3S/c1-13(21(27)24-15-9-7-14(22)8-10-15)29-19-11-16(12-20(26)28-2)23-17-5-3-4-6-18(17)25-19/h3-11,13,23H,12H2,1-2H3,(H,24,27)/t13-/m0/s1. The molecule has 2 N–H and O–H groups in total. The third-order valence-electron chi connectivity index (χ3n) is 4.07. The number of rotatable bonds is 5. The summed E-state index contributed by atoms with van der Waals surface area (Å²) >= 11 is 1.26. The first-order valence-corrected chi connectivity index (χ1v) is 9.78. The Morgan fingerprint density at radius 1 is 1.21 bits per heavy atom. The quantitative estimate of drug-likeness (QED) is 0.706. The summed E-state index contributed by atoms with van der Waals surface area (Å²) in [6.07, 6.45) is 1.80. The third kappa shape index (κ3) is 5.68. The number of esters is 1. The van der Waals surface area contributed by atoms with E-state index in [-0.39, 0.29) is 24.1 Å². The van der Waals surface area contributed by atoms with E-state index in [1.54, 1.807) is 13.0 Å². The number of benzene rings is 2. The van der Waals surface area contributed by atoms with Gasteiger partial charge in [-0.1, -0.05) is 23.9 Å². The maximum absolute atomic E-state index is 13.0. The van der Waals surface area contributed by atoms with Crippen LogP contribution in [0.1, 0.15) is 13.3 Å². The van der Waals surface area contributed by atoms with Crippen LogP contribution < -0.4 is 10.6 Å². The van der Waals surface area contributed by atoms with Crippen LogP contribution in [0.15, 0.2) is 65.3 Å². The van der Waals surface area contributed by atoms with Crippen LogP contribution in [0, 0.1) is 5.82 Å². The zero-order valence-corrected chi connectivity index (χ0v) is 16.8. The number of fused-ring (bicyclic) bond motifs is 1. The zero-order chi connectivity index (χ0) is 20.8. The Kier molecular flexibility index (Phi) is 6.66. The van der Waals surface area contributed by atoms with Crippen molar-refractivity contribution in [2.45, 2.75) is 18.6 Å². The Labute approximate surface area is 172 Å². The van der Waals surface area contributed by atoms with E-state index in [2.05, 4.69) is 15.6 Å². The van der Waals surface area contributed by atoms with Crippen LogP contribution in [-0.2, 0) is 14.3 Å². The maximum Gasteiger partial charge on any atom is 0.311 e. The van der Waals surface area contributed by atoms with Crippen molar-refractivity contribution in [3.05, 3.63) is 66.1 Å². The molecule has 0 unspecified atom stereocenters. The fourth-order valence-corrected chi connectivity index (χ4v) is 3.47. The zero-order valence-electron chi connectivity index (χ0n) is 15.9. The Balaban J connectivity index is 1.77. The lowest BCUT2D eigenvalue weighted by Gasteiger charge is -2.12. The molecular weight excluding hydrogens is 393 g/mol. The van der Waals surface area contributed by atoms with Gasteiger partial charge >= 0.3 is 5.97 Å². The number of nitrogens with zero attached hydrogens (tertiary/aromatic N) is 1. The molecule has 0 bridgehead atoms. The second-order valence-electron chi connectivity index (χ2n) is 6.27. The molecule has 0 radical (unpaired) electrons. The van der Waals surface area contributed by atoms with Gasteiger partial charge < -0.3 is 15.4 Å². The van der Waals surface area contributed by atoms with Gasteiger partial charge in [-0.3, -0.25) is 9.59 Å². The van der Waals surface area contributed by atoms with E-state index in [0.29, 0.717) is 22.1 Å². The molecule has 3 rings (SSSR count). The predicted octanol–water partition coefficient (Wildman–Crippen LogP) is 4.49. The summed E-state index contributed by atoms with van der Waals surface area (Å²) in [5.41, 5.74) is 2.61. The van der Waals surface area contributed by atoms with Crippen molar-refractivity contribution in [3.8, 4) is 0 Å². The molecular formula is C21H20FN3O3S. The highest BCUT2D eigenvalue weighted by Gasteiger charge is 2.19. The van der Waals surface area contributed by atoms with Gasteiger partial charge in [0.1, 0.15) is 5.82 Å². The van der Waals surface area contributed by atoms with Crippen molar-refractivity contribution in [2.24, 2.45) is 4.99 Å². The van der Waals surface area contributed by atoms with E-state index < -0.39 is 5.25 Å². The minimum atomic E-state index is -0.473. The van der Waals surface area contributed by atoms with Gasteiger partial charge in [0.25, 0.3) is 0 Å². The normalized spacial score (nSPS) is 13.8. The van der Waals surface area contributed by atoms with Crippen LogP contribution in [0.3, 0.4) is 0 Å². The number of hydrogen-bond donors (Lipinski definition) is 2. The smallest absolute Gasteiger partial charge is 0.311 e. The largest absolute Gasteiger partial charge is 0.469 e. The molecule has 0 fully saturated rings. The molecule has 0 saturated heterocycles. The molecule has 150 valence electrons. The molecule has 2 aromatic carbocycles. The van der Waals surface area contributed by atoms with Crippen LogP contribution in [0.2, 0.25) is 0 Å². The van der Waals surface area contributed by atoms with Crippen molar-refractivity contribution in [2.75, 3.05) is 17.7 Å². The predicted molar refractivity (Wildman–Crippen MR) is 114 cm³/mol. The lowest BCUT2D eigenvalue weighted by molar-refractivity contribution is -0.139. The number of halogens is 1. The molecule has 6 nitrogen and oxygen atoms in total. The Morgan fingerprint density at radius 2 is 1.93 bits per heavy atom. The van der Waals surface area contributed by atoms with Crippen LogP contribution in [0.25, 0.3) is 0 Å².